The third kappa shape index (κ3) is 3.52. The second-order valence-corrected chi connectivity index (χ2v) is 5.07. The highest BCUT2D eigenvalue weighted by Crippen LogP contribution is 2.29. The van der Waals surface area contributed by atoms with Gasteiger partial charge in [0.2, 0.25) is 5.91 Å². The van der Waals surface area contributed by atoms with Crippen LogP contribution in [0.4, 0.5) is 0 Å². The van der Waals surface area contributed by atoms with Crippen LogP contribution in [0.5, 0.6) is 0 Å². The van der Waals surface area contributed by atoms with E-state index in [1.165, 1.54) is 25.7 Å². The van der Waals surface area contributed by atoms with Gasteiger partial charge >= 0.3 is 0 Å². The van der Waals surface area contributed by atoms with E-state index in [4.69, 9.17) is 0 Å². The number of rotatable bonds is 5. The summed E-state index contributed by atoms with van der Waals surface area (Å²) < 4.78 is 0. The first-order valence-electron chi connectivity index (χ1n) is 5.67. The van der Waals surface area contributed by atoms with Crippen molar-refractivity contribution in [2.24, 2.45) is 0 Å². The number of amides is 1. The van der Waals surface area contributed by atoms with Crippen molar-refractivity contribution >= 4 is 17.7 Å². The lowest BCUT2D eigenvalue weighted by Gasteiger charge is -2.19. The molecule has 0 aliphatic heterocycles. The van der Waals surface area contributed by atoms with Crippen LogP contribution in [0.15, 0.2) is 0 Å². The molecule has 1 saturated carbocycles. The van der Waals surface area contributed by atoms with Gasteiger partial charge in [0, 0.05) is 18.3 Å². The molecule has 1 fully saturated rings. The quantitative estimate of drug-likeness (QED) is 0.702. The number of hydrogen-bond donors (Lipinski definition) is 0. The first-order chi connectivity index (χ1) is 6.77. The Morgan fingerprint density at radius 3 is 2.36 bits per heavy atom. The number of thioether (sulfide) groups is 1. The average Bonchev–Trinajstić information content (AvgIpc) is 2.69. The fraction of sp³-hybridized carbons (Fsp3) is 0.909. The molecule has 0 saturated heterocycles. The molecule has 82 valence electrons. The van der Waals surface area contributed by atoms with E-state index in [1.54, 1.807) is 0 Å². The molecule has 1 rings (SSSR count). The summed E-state index contributed by atoms with van der Waals surface area (Å²) in [6.07, 6.45) is 5.35. The van der Waals surface area contributed by atoms with Crippen LogP contribution in [0, 0.1) is 0 Å². The van der Waals surface area contributed by atoms with E-state index in [2.05, 4.69) is 0 Å². The lowest BCUT2D eigenvalue weighted by molar-refractivity contribution is -0.127. The maximum Gasteiger partial charge on any atom is 0.232 e. The lowest BCUT2D eigenvalue weighted by Crippen LogP contribution is -2.32. The topological polar surface area (TPSA) is 20.3 Å². The summed E-state index contributed by atoms with van der Waals surface area (Å²) in [5, 5.41) is 0.759. The molecule has 0 radical (unpaired) electrons. The van der Waals surface area contributed by atoms with E-state index in [0.717, 1.165) is 18.3 Å². The molecule has 1 amide bonds. The minimum atomic E-state index is 0.312. The first kappa shape index (κ1) is 11.9. The van der Waals surface area contributed by atoms with Gasteiger partial charge < -0.3 is 4.90 Å². The van der Waals surface area contributed by atoms with Gasteiger partial charge in [-0.25, -0.2) is 0 Å². The van der Waals surface area contributed by atoms with Crippen LogP contribution in [0.1, 0.15) is 39.5 Å². The molecule has 0 heterocycles. The first-order valence-corrected chi connectivity index (χ1v) is 6.72. The van der Waals surface area contributed by atoms with Crippen molar-refractivity contribution in [1.82, 2.24) is 4.90 Å². The summed E-state index contributed by atoms with van der Waals surface area (Å²) in [4.78, 5) is 13.6. The average molecular weight is 215 g/mol. The molecule has 14 heavy (non-hydrogen) atoms. The molecular formula is C11H21NOS. The van der Waals surface area contributed by atoms with Crippen molar-refractivity contribution in [2.75, 3.05) is 18.8 Å². The second-order valence-electron chi connectivity index (χ2n) is 3.78. The van der Waals surface area contributed by atoms with Crippen LogP contribution in [0.3, 0.4) is 0 Å². The van der Waals surface area contributed by atoms with E-state index < -0.39 is 0 Å². The third-order valence-electron chi connectivity index (χ3n) is 2.86. The zero-order chi connectivity index (χ0) is 10.4. The molecule has 2 nitrogen and oxygen atoms in total. The highest BCUT2D eigenvalue weighted by atomic mass is 32.2. The Bertz CT molecular complexity index is 174. The zero-order valence-corrected chi connectivity index (χ0v) is 10.1. The van der Waals surface area contributed by atoms with Gasteiger partial charge in [0.25, 0.3) is 0 Å². The van der Waals surface area contributed by atoms with Gasteiger partial charge in [-0.05, 0) is 26.7 Å². The fourth-order valence-corrected chi connectivity index (χ4v) is 3.14. The van der Waals surface area contributed by atoms with Crippen molar-refractivity contribution in [3.8, 4) is 0 Å². The van der Waals surface area contributed by atoms with Crippen LogP contribution in [0.25, 0.3) is 0 Å². The summed E-state index contributed by atoms with van der Waals surface area (Å²) in [6, 6.07) is 0. The van der Waals surface area contributed by atoms with Crippen LogP contribution in [-0.4, -0.2) is 34.9 Å². The van der Waals surface area contributed by atoms with Gasteiger partial charge in [-0.1, -0.05) is 12.8 Å². The highest BCUT2D eigenvalue weighted by Gasteiger charge is 2.18. The number of carbonyl (C=O) groups is 1. The van der Waals surface area contributed by atoms with Crippen molar-refractivity contribution in [2.45, 2.75) is 44.8 Å². The van der Waals surface area contributed by atoms with Crippen LogP contribution in [0.2, 0.25) is 0 Å². The molecule has 0 N–H and O–H groups in total. The summed E-state index contributed by atoms with van der Waals surface area (Å²) in [7, 11) is 0. The fourth-order valence-electron chi connectivity index (χ4n) is 1.91. The minimum Gasteiger partial charge on any atom is -0.343 e. The van der Waals surface area contributed by atoms with Gasteiger partial charge in [0.05, 0.1) is 5.75 Å². The Morgan fingerprint density at radius 1 is 1.29 bits per heavy atom. The van der Waals surface area contributed by atoms with E-state index in [0.29, 0.717) is 11.7 Å². The normalized spacial score (nSPS) is 17.3. The molecular weight excluding hydrogens is 194 g/mol. The largest absolute Gasteiger partial charge is 0.343 e. The monoisotopic (exact) mass is 215 g/mol. The zero-order valence-electron chi connectivity index (χ0n) is 9.29. The molecule has 0 aromatic carbocycles. The van der Waals surface area contributed by atoms with E-state index in [-0.39, 0.29) is 0 Å². The smallest absolute Gasteiger partial charge is 0.232 e. The van der Waals surface area contributed by atoms with Crippen molar-refractivity contribution in [1.29, 1.82) is 0 Å². The standard InChI is InChI=1S/C11H21NOS/c1-3-12(4-2)11(13)9-14-10-7-5-6-8-10/h10H,3-9H2,1-2H3. The molecule has 0 unspecified atom stereocenters. The molecule has 3 heteroatoms. The van der Waals surface area contributed by atoms with Gasteiger partial charge in [0.1, 0.15) is 0 Å². The van der Waals surface area contributed by atoms with Gasteiger partial charge in [-0.2, -0.15) is 0 Å². The molecule has 0 atom stereocenters. The predicted octanol–water partition coefficient (Wildman–Crippen LogP) is 2.53. The van der Waals surface area contributed by atoms with Crippen LogP contribution >= 0.6 is 11.8 Å². The molecule has 1 aliphatic carbocycles. The maximum atomic E-state index is 11.7. The highest BCUT2D eigenvalue weighted by molar-refractivity contribution is 8.00. The third-order valence-corrected chi connectivity index (χ3v) is 4.22. The van der Waals surface area contributed by atoms with Gasteiger partial charge in [-0.15, -0.1) is 11.8 Å². The molecule has 0 aromatic rings. The Balaban J connectivity index is 2.18. The van der Waals surface area contributed by atoms with E-state index in [1.807, 2.05) is 30.5 Å². The van der Waals surface area contributed by atoms with Gasteiger partial charge in [-0.3, -0.25) is 4.79 Å². The second kappa shape index (κ2) is 6.33. The summed E-state index contributed by atoms with van der Waals surface area (Å²) in [5.41, 5.74) is 0. The Hall–Kier alpha value is -0.180. The summed E-state index contributed by atoms with van der Waals surface area (Å²) in [5.74, 6) is 0.999. The molecule has 0 spiro atoms. The Kier molecular flexibility index (Phi) is 5.38. The minimum absolute atomic E-state index is 0.312. The number of hydrogen-bond acceptors (Lipinski definition) is 2. The number of nitrogens with zero attached hydrogens (tertiary/aromatic N) is 1. The van der Waals surface area contributed by atoms with E-state index in [9.17, 15) is 4.79 Å². The van der Waals surface area contributed by atoms with Crippen LogP contribution in [-0.2, 0) is 4.79 Å². The lowest BCUT2D eigenvalue weighted by atomic mass is 10.4. The Labute approximate surface area is 91.4 Å². The van der Waals surface area contributed by atoms with Crippen molar-refractivity contribution < 1.29 is 4.79 Å². The van der Waals surface area contributed by atoms with Crippen molar-refractivity contribution in [3.63, 3.8) is 0 Å². The molecule has 0 aromatic heterocycles. The molecule has 0 bridgehead atoms. The SMILES string of the molecule is CCN(CC)C(=O)CSC1CCCC1. The van der Waals surface area contributed by atoms with Crippen LogP contribution < -0.4 is 0 Å². The summed E-state index contributed by atoms with van der Waals surface area (Å²) in [6.45, 7) is 5.78. The van der Waals surface area contributed by atoms with Gasteiger partial charge in [0.15, 0.2) is 0 Å². The summed E-state index contributed by atoms with van der Waals surface area (Å²) >= 11 is 1.86. The predicted molar refractivity (Wildman–Crippen MR) is 62.6 cm³/mol. The van der Waals surface area contributed by atoms with Crippen molar-refractivity contribution in [3.05, 3.63) is 0 Å². The Morgan fingerprint density at radius 2 is 1.86 bits per heavy atom. The van der Waals surface area contributed by atoms with E-state index >= 15 is 0 Å². The number of carbonyl (C=O) groups excluding carboxylic acids is 1. The maximum absolute atomic E-state index is 11.7. The molecule has 1 aliphatic rings.